The predicted octanol–water partition coefficient (Wildman–Crippen LogP) is 3.58. The molecule has 2 aromatic carbocycles. The number of para-hydroxylation sites is 1. The molecule has 0 radical (unpaired) electrons. The second-order valence-electron chi connectivity index (χ2n) is 5.17. The van der Waals surface area contributed by atoms with E-state index >= 15 is 0 Å². The Hall–Kier alpha value is -2.62. The number of hydrogen-bond acceptors (Lipinski definition) is 3. The SMILES string of the molecule is CN1CCc2ccccc2/C1=C/c1ccccc1[N+](=O)[O-]. The highest BCUT2D eigenvalue weighted by atomic mass is 16.6. The molecular formula is C17H16N2O2. The van der Waals surface area contributed by atoms with Crippen molar-refractivity contribution in [3.8, 4) is 0 Å². The fraction of sp³-hybridized carbons (Fsp3) is 0.176. The van der Waals surface area contributed by atoms with Crippen LogP contribution in [-0.2, 0) is 6.42 Å². The van der Waals surface area contributed by atoms with E-state index in [-0.39, 0.29) is 10.6 Å². The molecule has 0 spiro atoms. The average molecular weight is 280 g/mol. The highest BCUT2D eigenvalue weighted by Crippen LogP contribution is 2.31. The third-order valence-electron chi connectivity index (χ3n) is 3.85. The predicted molar refractivity (Wildman–Crippen MR) is 83.7 cm³/mol. The van der Waals surface area contributed by atoms with Crippen molar-refractivity contribution in [2.45, 2.75) is 6.42 Å². The van der Waals surface area contributed by atoms with Gasteiger partial charge in [-0.1, -0.05) is 36.4 Å². The van der Waals surface area contributed by atoms with Gasteiger partial charge >= 0.3 is 0 Å². The van der Waals surface area contributed by atoms with Crippen LogP contribution in [0, 0.1) is 10.1 Å². The maximum Gasteiger partial charge on any atom is 0.276 e. The molecule has 0 aromatic heterocycles. The minimum absolute atomic E-state index is 0.140. The molecular weight excluding hydrogens is 264 g/mol. The Labute approximate surface area is 123 Å². The summed E-state index contributed by atoms with van der Waals surface area (Å²) < 4.78 is 0. The highest BCUT2D eigenvalue weighted by Gasteiger charge is 2.19. The lowest BCUT2D eigenvalue weighted by Crippen LogP contribution is -2.25. The molecule has 106 valence electrons. The number of benzene rings is 2. The highest BCUT2D eigenvalue weighted by molar-refractivity contribution is 5.84. The average Bonchev–Trinajstić information content (AvgIpc) is 2.50. The first-order valence-electron chi connectivity index (χ1n) is 6.91. The van der Waals surface area contributed by atoms with Crippen molar-refractivity contribution in [1.29, 1.82) is 0 Å². The van der Waals surface area contributed by atoms with Crippen molar-refractivity contribution in [1.82, 2.24) is 4.90 Å². The molecule has 4 heteroatoms. The van der Waals surface area contributed by atoms with E-state index < -0.39 is 0 Å². The van der Waals surface area contributed by atoms with E-state index in [9.17, 15) is 10.1 Å². The number of nitrogens with zero attached hydrogens (tertiary/aromatic N) is 2. The first-order chi connectivity index (χ1) is 10.2. The van der Waals surface area contributed by atoms with Gasteiger partial charge < -0.3 is 4.90 Å². The third-order valence-corrected chi connectivity index (χ3v) is 3.85. The second-order valence-corrected chi connectivity index (χ2v) is 5.17. The fourth-order valence-corrected chi connectivity index (χ4v) is 2.71. The monoisotopic (exact) mass is 280 g/mol. The summed E-state index contributed by atoms with van der Waals surface area (Å²) in [5, 5.41) is 11.2. The molecule has 0 amide bonds. The largest absolute Gasteiger partial charge is 0.374 e. The van der Waals surface area contributed by atoms with E-state index in [1.54, 1.807) is 18.2 Å². The van der Waals surface area contributed by atoms with Crippen molar-refractivity contribution in [3.63, 3.8) is 0 Å². The van der Waals surface area contributed by atoms with Crippen molar-refractivity contribution >= 4 is 17.5 Å². The summed E-state index contributed by atoms with van der Waals surface area (Å²) in [6.45, 7) is 0.920. The van der Waals surface area contributed by atoms with Gasteiger partial charge in [0.25, 0.3) is 5.69 Å². The van der Waals surface area contributed by atoms with Crippen LogP contribution in [0.15, 0.2) is 48.5 Å². The normalized spacial score (nSPS) is 15.9. The van der Waals surface area contributed by atoms with Crippen LogP contribution in [0.5, 0.6) is 0 Å². The molecule has 1 aliphatic heterocycles. The molecule has 0 atom stereocenters. The number of fused-ring (bicyclic) bond motifs is 1. The van der Waals surface area contributed by atoms with E-state index in [4.69, 9.17) is 0 Å². The van der Waals surface area contributed by atoms with Crippen LogP contribution in [0.25, 0.3) is 11.8 Å². The maximum absolute atomic E-state index is 11.2. The summed E-state index contributed by atoms with van der Waals surface area (Å²) in [5.74, 6) is 0. The van der Waals surface area contributed by atoms with Crippen LogP contribution >= 0.6 is 0 Å². The van der Waals surface area contributed by atoms with E-state index in [2.05, 4.69) is 17.0 Å². The molecule has 0 saturated carbocycles. The summed E-state index contributed by atoms with van der Waals surface area (Å²) >= 11 is 0. The number of likely N-dealkylation sites (N-methyl/N-ethyl adjacent to an activating group) is 1. The molecule has 0 saturated heterocycles. The van der Waals surface area contributed by atoms with Gasteiger partial charge in [0.2, 0.25) is 0 Å². The topological polar surface area (TPSA) is 46.4 Å². The Morgan fingerprint density at radius 2 is 1.86 bits per heavy atom. The molecule has 1 heterocycles. The molecule has 4 nitrogen and oxygen atoms in total. The van der Waals surface area contributed by atoms with Gasteiger partial charge in [0.1, 0.15) is 0 Å². The number of hydrogen-bond donors (Lipinski definition) is 0. The summed E-state index contributed by atoms with van der Waals surface area (Å²) in [6.07, 6.45) is 2.91. The van der Waals surface area contributed by atoms with Crippen LogP contribution in [0.3, 0.4) is 0 Å². The van der Waals surface area contributed by atoms with Crippen LogP contribution < -0.4 is 0 Å². The Morgan fingerprint density at radius 3 is 2.67 bits per heavy atom. The molecule has 0 unspecified atom stereocenters. The van der Waals surface area contributed by atoms with Gasteiger partial charge in [0.05, 0.1) is 10.5 Å². The molecule has 0 fully saturated rings. The van der Waals surface area contributed by atoms with Crippen molar-refractivity contribution < 1.29 is 4.92 Å². The molecule has 0 N–H and O–H groups in total. The molecule has 0 aliphatic carbocycles. The molecule has 0 bridgehead atoms. The number of nitro groups is 1. The Balaban J connectivity index is 2.14. The second kappa shape index (κ2) is 5.40. The number of rotatable bonds is 2. The first kappa shape index (κ1) is 13.4. The van der Waals surface area contributed by atoms with Crippen LogP contribution in [0.1, 0.15) is 16.7 Å². The van der Waals surface area contributed by atoms with E-state index in [1.807, 2.05) is 31.3 Å². The van der Waals surface area contributed by atoms with Gasteiger partial charge in [0, 0.05) is 30.9 Å². The number of nitro benzene ring substituents is 1. The van der Waals surface area contributed by atoms with Crippen LogP contribution in [0.4, 0.5) is 5.69 Å². The zero-order valence-corrected chi connectivity index (χ0v) is 11.8. The van der Waals surface area contributed by atoms with Gasteiger partial charge in [-0.15, -0.1) is 0 Å². The Kier molecular flexibility index (Phi) is 3.44. The first-order valence-corrected chi connectivity index (χ1v) is 6.91. The standard InChI is InChI=1S/C17H16N2O2/c1-18-11-10-13-6-2-4-8-15(13)17(18)12-14-7-3-5-9-16(14)19(20)21/h2-9,12H,10-11H2,1H3/b17-12-. The lowest BCUT2D eigenvalue weighted by molar-refractivity contribution is -0.385. The summed E-state index contributed by atoms with van der Waals surface area (Å²) in [4.78, 5) is 13.0. The fourth-order valence-electron chi connectivity index (χ4n) is 2.71. The van der Waals surface area contributed by atoms with E-state index in [1.165, 1.54) is 5.56 Å². The van der Waals surface area contributed by atoms with Crippen molar-refractivity contribution in [2.75, 3.05) is 13.6 Å². The van der Waals surface area contributed by atoms with Gasteiger partial charge in [-0.05, 0) is 24.1 Å². The van der Waals surface area contributed by atoms with Crippen molar-refractivity contribution in [2.24, 2.45) is 0 Å². The Bertz CT molecular complexity index is 722. The molecule has 21 heavy (non-hydrogen) atoms. The van der Waals surface area contributed by atoms with Gasteiger partial charge in [-0.25, -0.2) is 0 Å². The maximum atomic E-state index is 11.2. The Morgan fingerprint density at radius 1 is 1.14 bits per heavy atom. The summed E-state index contributed by atoms with van der Waals surface area (Å²) in [6, 6.07) is 15.1. The summed E-state index contributed by atoms with van der Waals surface area (Å²) in [5.41, 5.74) is 4.26. The van der Waals surface area contributed by atoms with Gasteiger partial charge in [0.15, 0.2) is 0 Å². The van der Waals surface area contributed by atoms with Gasteiger partial charge in [-0.2, -0.15) is 0 Å². The smallest absolute Gasteiger partial charge is 0.276 e. The van der Waals surface area contributed by atoms with E-state index in [0.717, 1.165) is 24.2 Å². The lowest BCUT2D eigenvalue weighted by atomic mass is 9.95. The summed E-state index contributed by atoms with van der Waals surface area (Å²) in [7, 11) is 2.02. The third kappa shape index (κ3) is 2.52. The zero-order valence-electron chi connectivity index (χ0n) is 11.8. The molecule has 2 aromatic rings. The molecule has 3 rings (SSSR count). The van der Waals surface area contributed by atoms with Crippen LogP contribution in [0.2, 0.25) is 0 Å². The minimum atomic E-state index is -0.332. The molecule has 1 aliphatic rings. The minimum Gasteiger partial charge on any atom is -0.374 e. The van der Waals surface area contributed by atoms with Gasteiger partial charge in [-0.3, -0.25) is 10.1 Å². The zero-order chi connectivity index (χ0) is 14.8. The lowest BCUT2D eigenvalue weighted by Gasteiger charge is -2.30. The van der Waals surface area contributed by atoms with Crippen molar-refractivity contribution in [3.05, 3.63) is 75.3 Å². The van der Waals surface area contributed by atoms with Crippen LogP contribution in [-0.4, -0.2) is 23.4 Å². The quantitative estimate of drug-likeness (QED) is 0.624. The van der Waals surface area contributed by atoms with E-state index in [0.29, 0.717) is 5.56 Å².